The lowest BCUT2D eigenvalue weighted by Crippen LogP contribution is -2.25. The Balaban J connectivity index is 3.59. The highest BCUT2D eigenvalue weighted by Gasteiger charge is 2.30. The zero-order valence-electron chi connectivity index (χ0n) is 9.77. The number of hydrogen-bond acceptors (Lipinski definition) is 3. The van der Waals surface area contributed by atoms with Gasteiger partial charge in [-0.2, -0.15) is 0 Å². The molecule has 0 aliphatic carbocycles. The molecule has 4 nitrogen and oxygen atoms in total. The number of alkyl halides is 1. The molecule has 9 heteroatoms. The summed E-state index contributed by atoms with van der Waals surface area (Å²) in [5, 5.41) is -0.642. The van der Waals surface area contributed by atoms with Crippen LogP contribution < -0.4 is 14.6 Å². The van der Waals surface area contributed by atoms with Gasteiger partial charge in [0.15, 0.2) is 24.0 Å². The first kappa shape index (κ1) is 16.1. The summed E-state index contributed by atoms with van der Waals surface area (Å²) < 4.78 is 49.5. The molecule has 0 bridgehead atoms. The maximum Gasteiger partial charge on any atom is 0.286 e. The van der Waals surface area contributed by atoms with Crippen molar-refractivity contribution in [2.75, 3.05) is 26.0 Å². The van der Waals surface area contributed by atoms with Gasteiger partial charge in [0.25, 0.3) is 5.91 Å². The number of nitrogens with zero attached hydrogens (tertiary/aromatic N) is 1. The smallest absolute Gasteiger partial charge is 0.286 e. The van der Waals surface area contributed by atoms with Gasteiger partial charge in [0.2, 0.25) is 0 Å². The van der Waals surface area contributed by atoms with Crippen LogP contribution in [0.4, 0.5) is 18.9 Å². The van der Waals surface area contributed by atoms with Crippen molar-refractivity contribution >= 4 is 43.5 Å². The molecule has 19 heavy (non-hydrogen) atoms. The highest BCUT2D eigenvalue weighted by Crippen LogP contribution is 2.48. The summed E-state index contributed by atoms with van der Waals surface area (Å²) >= 11 is 5.92. The number of halogens is 5. The van der Waals surface area contributed by atoms with E-state index < -0.39 is 29.2 Å². The fraction of sp³-hybridized carbons (Fsp3) is 0.300. The fourth-order valence-corrected chi connectivity index (χ4v) is 2.97. The van der Waals surface area contributed by atoms with Gasteiger partial charge in [-0.1, -0.05) is 4.48 Å². The first-order valence-corrected chi connectivity index (χ1v) is 6.32. The molecule has 0 aliphatic rings. The summed E-state index contributed by atoms with van der Waals surface area (Å²) in [5.74, 6) is -3.09. The average molecular weight is 407 g/mol. The van der Waals surface area contributed by atoms with Crippen molar-refractivity contribution in [3.63, 3.8) is 0 Å². The molecule has 0 saturated carbocycles. The van der Waals surface area contributed by atoms with Crippen molar-refractivity contribution in [3.05, 3.63) is 14.8 Å². The summed E-state index contributed by atoms with van der Waals surface area (Å²) in [6, 6.07) is 0. The molecule has 0 fully saturated rings. The molecule has 0 aromatic heterocycles. The van der Waals surface area contributed by atoms with Crippen LogP contribution >= 0.6 is 31.9 Å². The van der Waals surface area contributed by atoms with E-state index in [1.807, 2.05) is 0 Å². The molecule has 1 rings (SSSR count). The van der Waals surface area contributed by atoms with Gasteiger partial charge in [0.05, 0.1) is 18.7 Å². The minimum atomic E-state index is -1.61. The Morgan fingerprint density at radius 3 is 2.16 bits per heavy atom. The van der Waals surface area contributed by atoms with Crippen LogP contribution in [0.5, 0.6) is 11.5 Å². The Bertz CT molecular complexity index is 482. The first-order valence-electron chi connectivity index (χ1n) is 4.73. The first-order chi connectivity index (χ1) is 8.90. The number of anilines is 1. The molecule has 1 aromatic carbocycles. The Hall–Kier alpha value is -0.960. The van der Waals surface area contributed by atoms with Gasteiger partial charge >= 0.3 is 0 Å². The van der Waals surface area contributed by atoms with E-state index in [2.05, 4.69) is 31.9 Å². The third-order valence-corrected chi connectivity index (χ3v) is 3.61. The van der Waals surface area contributed by atoms with Gasteiger partial charge in [0, 0.05) is 0 Å². The third-order valence-electron chi connectivity index (χ3n) is 2.15. The Labute approximate surface area is 123 Å². The predicted molar refractivity (Wildman–Crippen MR) is 69.5 cm³/mol. The van der Waals surface area contributed by atoms with Crippen LogP contribution in [0, 0.1) is 5.82 Å². The molecule has 1 amide bonds. The van der Waals surface area contributed by atoms with E-state index in [0.717, 1.165) is 7.11 Å². The standard InChI is InChI=1S/C10H8Br2F3NO3/c1-18-9-5(11)8(16(15)4(17)3-13)7(14)10(19-2)6(9)12/h3H2,1-2H3. The summed E-state index contributed by atoms with van der Waals surface area (Å²) in [6.45, 7) is -1.61. The zero-order valence-corrected chi connectivity index (χ0v) is 12.9. The van der Waals surface area contributed by atoms with Gasteiger partial charge in [-0.25, -0.2) is 8.78 Å². The maximum atomic E-state index is 14.1. The molecule has 0 aliphatic heterocycles. The summed E-state index contributed by atoms with van der Waals surface area (Å²) in [6.07, 6.45) is 0. The molecule has 0 spiro atoms. The number of rotatable bonds is 4. The summed E-state index contributed by atoms with van der Waals surface area (Å²) in [4.78, 5) is 11.0. The second-order valence-electron chi connectivity index (χ2n) is 3.17. The van der Waals surface area contributed by atoms with Crippen molar-refractivity contribution in [1.29, 1.82) is 0 Å². The van der Waals surface area contributed by atoms with E-state index in [4.69, 9.17) is 9.47 Å². The van der Waals surface area contributed by atoms with Gasteiger partial charge < -0.3 is 9.47 Å². The van der Waals surface area contributed by atoms with E-state index in [0.29, 0.717) is 0 Å². The van der Waals surface area contributed by atoms with Crippen LogP contribution in [0.15, 0.2) is 8.95 Å². The molecular weight excluding hydrogens is 399 g/mol. The van der Waals surface area contributed by atoms with Gasteiger partial charge in [0.1, 0.15) is 10.2 Å². The monoisotopic (exact) mass is 405 g/mol. The Morgan fingerprint density at radius 2 is 1.74 bits per heavy atom. The molecule has 0 radical (unpaired) electrons. The lowest BCUT2D eigenvalue weighted by atomic mass is 10.2. The predicted octanol–water partition coefficient (Wildman–Crippen LogP) is 3.55. The summed E-state index contributed by atoms with van der Waals surface area (Å²) in [7, 11) is 2.41. The van der Waals surface area contributed by atoms with Crippen LogP contribution in [-0.2, 0) is 4.79 Å². The number of carbonyl (C=O) groups is 1. The van der Waals surface area contributed by atoms with Gasteiger partial charge in [-0.3, -0.25) is 4.79 Å². The molecular formula is C10H8Br2F3NO3. The fourth-order valence-electron chi connectivity index (χ4n) is 1.32. The van der Waals surface area contributed by atoms with E-state index in [1.165, 1.54) is 7.11 Å². The number of amides is 1. The molecule has 0 N–H and O–H groups in total. The molecule has 1 aromatic rings. The number of benzene rings is 1. The highest BCUT2D eigenvalue weighted by molar-refractivity contribution is 9.11. The van der Waals surface area contributed by atoms with Crippen molar-refractivity contribution < 1.29 is 27.5 Å². The summed E-state index contributed by atoms with van der Waals surface area (Å²) in [5.41, 5.74) is -0.820. The topological polar surface area (TPSA) is 38.8 Å². The Kier molecular flexibility index (Phi) is 5.48. The quantitative estimate of drug-likeness (QED) is 0.717. The highest BCUT2D eigenvalue weighted by atomic mass is 79.9. The van der Waals surface area contributed by atoms with Gasteiger partial charge in [-0.05, 0) is 31.9 Å². The van der Waals surface area contributed by atoms with Crippen LogP contribution in [0.2, 0.25) is 0 Å². The van der Waals surface area contributed by atoms with E-state index in [9.17, 15) is 18.1 Å². The van der Waals surface area contributed by atoms with Crippen LogP contribution in [0.1, 0.15) is 0 Å². The zero-order chi connectivity index (χ0) is 14.7. The second kappa shape index (κ2) is 6.47. The number of hydrogen-bond donors (Lipinski definition) is 0. The Morgan fingerprint density at radius 1 is 1.21 bits per heavy atom. The van der Waals surface area contributed by atoms with Crippen LogP contribution in [-0.4, -0.2) is 26.8 Å². The van der Waals surface area contributed by atoms with E-state index in [-0.39, 0.29) is 20.4 Å². The van der Waals surface area contributed by atoms with E-state index >= 15 is 0 Å². The SMILES string of the molecule is COc1c(F)c(N(F)C(=O)CF)c(Br)c(OC)c1Br. The van der Waals surface area contributed by atoms with Crippen molar-refractivity contribution in [2.45, 2.75) is 0 Å². The minimum Gasteiger partial charge on any atom is -0.494 e. The third kappa shape index (κ3) is 2.81. The maximum absolute atomic E-state index is 14.1. The van der Waals surface area contributed by atoms with Crippen LogP contribution in [0.3, 0.4) is 0 Å². The molecule has 0 atom stereocenters. The largest absolute Gasteiger partial charge is 0.494 e. The number of carbonyl (C=O) groups excluding carboxylic acids is 1. The molecule has 106 valence electrons. The molecule has 0 unspecified atom stereocenters. The normalized spacial score (nSPS) is 10.3. The van der Waals surface area contributed by atoms with E-state index in [1.54, 1.807) is 0 Å². The molecule has 0 saturated heterocycles. The van der Waals surface area contributed by atoms with Crippen LogP contribution in [0.25, 0.3) is 0 Å². The number of methoxy groups -OCH3 is 2. The molecule has 0 heterocycles. The van der Waals surface area contributed by atoms with Crippen molar-refractivity contribution in [2.24, 2.45) is 0 Å². The van der Waals surface area contributed by atoms with Gasteiger partial charge in [-0.15, -0.1) is 5.12 Å². The second-order valence-corrected chi connectivity index (χ2v) is 4.75. The van der Waals surface area contributed by atoms with Crippen molar-refractivity contribution in [3.8, 4) is 11.5 Å². The lowest BCUT2D eigenvalue weighted by molar-refractivity contribution is -0.122. The lowest BCUT2D eigenvalue weighted by Gasteiger charge is -2.19. The average Bonchev–Trinajstić information content (AvgIpc) is 2.38. The van der Waals surface area contributed by atoms with Crippen molar-refractivity contribution in [1.82, 2.24) is 0 Å². The number of ether oxygens (including phenoxy) is 2. The minimum absolute atomic E-state index is 0.00237.